The molecule has 0 aliphatic carbocycles. The average molecular weight is 689 g/mol. The van der Waals surface area contributed by atoms with Crippen LogP contribution in [0.3, 0.4) is 0 Å². The van der Waals surface area contributed by atoms with Gasteiger partial charge in [0.15, 0.2) is 0 Å². The van der Waals surface area contributed by atoms with E-state index in [4.69, 9.17) is 25.7 Å². The lowest BCUT2D eigenvalue weighted by molar-refractivity contribution is -0.384. The van der Waals surface area contributed by atoms with Crippen molar-refractivity contribution >= 4 is 23.4 Å². The minimum absolute atomic E-state index is 0.0675. The van der Waals surface area contributed by atoms with Gasteiger partial charge in [-0.3, -0.25) is 14.9 Å². The standard InChI is InChI=1S/C40H40N4O7/c1-49-34-23-17-31(18-24-34)40(29-9-4-2-5-10-29,30-11-6-3-7-12-30)37(41)14-8-13-36(38(42)45)43-32-19-15-28(16-20-32)27-50-39(46)51-35-25-21-33(22-26-35)44(47)48/h2-7,9-12,15-26,36-37,43H,8,13-14,27,41H2,1H3,(H2,42,45)/t36-,37?/m1/s1. The molecule has 5 aromatic carbocycles. The number of primary amides is 1. The van der Waals surface area contributed by atoms with E-state index in [9.17, 15) is 19.7 Å². The Labute approximate surface area is 296 Å². The number of hydrogen-bond acceptors (Lipinski definition) is 9. The van der Waals surface area contributed by atoms with Gasteiger partial charge in [0.05, 0.1) is 17.4 Å². The first-order chi connectivity index (χ1) is 24.7. The van der Waals surface area contributed by atoms with Crippen LogP contribution in [0.4, 0.5) is 16.2 Å². The second-order valence-corrected chi connectivity index (χ2v) is 12.0. The van der Waals surface area contributed by atoms with Gasteiger partial charge >= 0.3 is 6.16 Å². The molecule has 5 N–H and O–H groups in total. The van der Waals surface area contributed by atoms with Gasteiger partial charge in [-0.2, -0.15) is 0 Å². The minimum atomic E-state index is -0.950. The van der Waals surface area contributed by atoms with Crippen molar-refractivity contribution < 1.29 is 28.7 Å². The predicted octanol–water partition coefficient (Wildman–Crippen LogP) is 7.12. The van der Waals surface area contributed by atoms with Gasteiger partial charge in [-0.05, 0) is 77.9 Å². The molecule has 0 bridgehead atoms. The summed E-state index contributed by atoms with van der Waals surface area (Å²) in [6, 6.07) is 39.5. The lowest BCUT2D eigenvalue weighted by Crippen LogP contribution is -2.47. The van der Waals surface area contributed by atoms with Crippen molar-refractivity contribution in [1.29, 1.82) is 0 Å². The Kier molecular flexibility index (Phi) is 12.0. The number of carbonyl (C=O) groups excluding carboxylic acids is 2. The number of methoxy groups -OCH3 is 1. The van der Waals surface area contributed by atoms with Crippen LogP contribution in [0.2, 0.25) is 0 Å². The minimum Gasteiger partial charge on any atom is -0.497 e. The van der Waals surface area contributed by atoms with E-state index >= 15 is 0 Å². The van der Waals surface area contributed by atoms with Crippen molar-refractivity contribution in [3.05, 3.63) is 166 Å². The molecule has 0 heterocycles. The van der Waals surface area contributed by atoms with Gasteiger partial charge in [-0.15, -0.1) is 0 Å². The zero-order chi connectivity index (χ0) is 36.2. The molecule has 2 atom stereocenters. The van der Waals surface area contributed by atoms with E-state index in [2.05, 4.69) is 41.7 Å². The quantitative estimate of drug-likeness (QED) is 0.0321. The summed E-state index contributed by atoms with van der Waals surface area (Å²) in [5.74, 6) is 0.383. The van der Waals surface area contributed by atoms with Gasteiger partial charge < -0.3 is 31.0 Å². The maximum atomic E-state index is 12.6. The third-order valence-corrected chi connectivity index (χ3v) is 8.81. The molecule has 5 rings (SSSR count). The van der Waals surface area contributed by atoms with E-state index in [1.54, 1.807) is 31.4 Å². The van der Waals surface area contributed by atoms with Crippen molar-refractivity contribution in [2.24, 2.45) is 11.5 Å². The number of carbonyl (C=O) groups is 2. The van der Waals surface area contributed by atoms with E-state index in [0.29, 0.717) is 30.5 Å². The van der Waals surface area contributed by atoms with Crippen LogP contribution >= 0.6 is 0 Å². The van der Waals surface area contributed by atoms with Crippen LogP contribution in [0.1, 0.15) is 41.5 Å². The molecule has 5 aromatic rings. The van der Waals surface area contributed by atoms with Crippen molar-refractivity contribution in [2.45, 2.75) is 43.4 Å². The Morgan fingerprint density at radius 2 is 1.31 bits per heavy atom. The number of nitro groups is 1. The van der Waals surface area contributed by atoms with Crippen LogP contribution in [0.25, 0.3) is 0 Å². The maximum absolute atomic E-state index is 12.6. The molecule has 0 aromatic heterocycles. The number of benzene rings is 5. The highest BCUT2D eigenvalue weighted by molar-refractivity contribution is 5.82. The number of hydrogen-bond donors (Lipinski definition) is 3. The highest BCUT2D eigenvalue weighted by Gasteiger charge is 2.41. The predicted molar refractivity (Wildman–Crippen MR) is 195 cm³/mol. The van der Waals surface area contributed by atoms with Crippen LogP contribution in [0.15, 0.2) is 133 Å². The van der Waals surface area contributed by atoms with Gasteiger partial charge in [0.1, 0.15) is 24.1 Å². The summed E-state index contributed by atoms with van der Waals surface area (Å²) >= 11 is 0. The topological polar surface area (TPSA) is 169 Å². The zero-order valence-corrected chi connectivity index (χ0v) is 28.1. The number of anilines is 1. The molecule has 1 unspecified atom stereocenters. The molecule has 0 saturated carbocycles. The fraction of sp³-hybridized carbons (Fsp3) is 0.200. The number of nitrogens with zero attached hydrogens (tertiary/aromatic N) is 1. The summed E-state index contributed by atoms with van der Waals surface area (Å²) in [5, 5.41) is 14.0. The molecular weight excluding hydrogens is 648 g/mol. The lowest BCUT2D eigenvalue weighted by Gasteiger charge is -2.41. The summed E-state index contributed by atoms with van der Waals surface area (Å²) in [6.45, 7) is -0.0675. The monoisotopic (exact) mass is 688 g/mol. The van der Waals surface area contributed by atoms with Crippen LogP contribution in [0.5, 0.6) is 11.5 Å². The zero-order valence-electron chi connectivity index (χ0n) is 28.1. The fourth-order valence-corrected chi connectivity index (χ4v) is 6.24. The Bertz CT molecular complexity index is 1850. The van der Waals surface area contributed by atoms with Gasteiger partial charge in [-0.1, -0.05) is 84.9 Å². The number of nitrogens with two attached hydrogens (primary N) is 2. The number of non-ortho nitro benzene ring substituents is 1. The van der Waals surface area contributed by atoms with Gasteiger partial charge in [0.25, 0.3) is 5.69 Å². The van der Waals surface area contributed by atoms with Crippen LogP contribution < -0.4 is 26.3 Å². The van der Waals surface area contributed by atoms with E-state index < -0.39 is 28.4 Å². The molecule has 0 radical (unpaired) electrons. The van der Waals surface area contributed by atoms with Crippen molar-refractivity contribution in [2.75, 3.05) is 12.4 Å². The molecule has 0 spiro atoms. The van der Waals surface area contributed by atoms with E-state index in [1.807, 2.05) is 48.5 Å². The third-order valence-electron chi connectivity index (χ3n) is 8.81. The molecule has 262 valence electrons. The van der Waals surface area contributed by atoms with Crippen molar-refractivity contribution in [1.82, 2.24) is 0 Å². The van der Waals surface area contributed by atoms with Gasteiger partial charge in [-0.25, -0.2) is 4.79 Å². The third kappa shape index (κ3) is 8.89. The smallest absolute Gasteiger partial charge is 0.497 e. The summed E-state index contributed by atoms with van der Waals surface area (Å²) in [6.07, 6.45) is 0.703. The number of nitro benzene ring substituents is 1. The van der Waals surface area contributed by atoms with E-state index in [1.165, 1.54) is 24.3 Å². The lowest BCUT2D eigenvalue weighted by atomic mass is 9.64. The number of ether oxygens (including phenoxy) is 3. The van der Waals surface area contributed by atoms with Crippen LogP contribution in [-0.4, -0.2) is 36.2 Å². The molecule has 11 nitrogen and oxygen atoms in total. The van der Waals surface area contributed by atoms with E-state index in [-0.39, 0.29) is 24.1 Å². The fourth-order valence-electron chi connectivity index (χ4n) is 6.24. The van der Waals surface area contributed by atoms with Crippen LogP contribution in [0, 0.1) is 10.1 Å². The second-order valence-electron chi connectivity index (χ2n) is 12.0. The number of amides is 1. The second kappa shape index (κ2) is 17.0. The van der Waals surface area contributed by atoms with Gasteiger partial charge in [0, 0.05) is 23.9 Å². The highest BCUT2D eigenvalue weighted by atomic mass is 16.7. The Balaban J connectivity index is 1.23. The molecule has 0 aliphatic heterocycles. The first kappa shape index (κ1) is 36.1. The SMILES string of the molecule is COc1ccc(C(c2ccccc2)(c2ccccc2)C(N)CCC[C@@H](Nc2ccc(COC(=O)Oc3ccc([N+](=O)[O-])cc3)cc2)C(N)=O)cc1. The molecule has 51 heavy (non-hydrogen) atoms. The Morgan fingerprint density at radius 3 is 1.84 bits per heavy atom. The first-order valence-electron chi connectivity index (χ1n) is 16.5. The summed E-state index contributed by atoms with van der Waals surface area (Å²) in [5.41, 5.74) is 16.7. The normalized spacial score (nSPS) is 12.3. The summed E-state index contributed by atoms with van der Waals surface area (Å²) in [7, 11) is 1.64. The largest absolute Gasteiger partial charge is 0.514 e. The van der Waals surface area contributed by atoms with Crippen molar-refractivity contribution in [3.63, 3.8) is 0 Å². The average Bonchev–Trinajstić information content (AvgIpc) is 3.15. The number of rotatable bonds is 16. The van der Waals surface area contributed by atoms with Gasteiger partial charge in [0.2, 0.25) is 5.91 Å². The first-order valence-corrected chi connectivity index (χ1v) is 16.5. The molecule has 0 saturated heterocycles. The Morgan fingerprint density at radius 1 is 0.765 bits per heavy atom. The molecule has 0 fully saturated rings. The van der Waals surface area contributed by atoms with Crippen molar-refractivity contribution in [3.8, 4) is 11.5 Å². The Hall–Kier alpha value is -6.20. The molecule has 0 aliphatic rings. The molecule has 11 heteroatoms. The summed E-state index contributed by atoms with van der Waals surface area (Å²) < 4.78 is 15.7. The maximum Gasteiger partial charge on any atom is 0.514 e. The van der Waals surface area contributed by atoms with Crippen LogP contribution in [-0.2, 0) is 21.6 Å². The highest BCUT2D eigenvalue weighted by Crippen LogP contribution is 2.43. The number of nitrogens with one attached hydrogen (secondary N) is 1. The molecule has 1 amide bonds. The molecular formula is C40H40N4O7. The van der Waals surface area contributed by atoms with E-state index in [0.717, 1.165) is 22.4 Å². The summed E-state index contributed by atoms with van der Waals surface area (Å²) in [4.78, 5) is 34.9.